The van der Waals surface area contributed by atoms with Gasteiger partial charge in [0, 0.05) is 176 Å². The number of aryl methyl sites for hydroxylation is 2. The minimum Gasteiger partial charge on any atom is -0.748 e. The molecule has 43 heteroatoms. The van der Waals surface area contributed by atoms with Crippen molar-refractivity contribution in [2.45, 2.75) is 68.7 Å². The number of amides is 6. The molecule has 93 heavy (non-hydrogen) atoms. The van der Waals surface area contributed by atoms with Crippen LogP contribution in [-0.2, 0) is 95.2 Å². The van der Waals surface area contributed by atoms with Gasteiger partial charge in [0.1, 0.15) is 0 Å². The second kappa shape index (κ2) is 83.1. The standard InChI is InChI=1S/C10H14N2O4S.C7H9NO3S.3C5H9NO3.C3H7NO2.C3H7NO.C3H6O2.C2H7N.2C2H4O2.CH5N.CO2.CH4.B.I2.HI/c1-11(2)10(13)12-6-3-9(4-7-12)5-8-17(14,15)16;9-12(10,11)6-3-7-1-4-8-5-2-7;3*1-4(7)9-5(8)6(2)3;1-4(2)3(5)6;1-3(5)4-2;1-3(4)5-2;1-3-2;2*1-2(3)4;1-2;2-1-3;;;1-2;/h3-4,6-7H,5,8H2,1-2H3;1-2,4-5H,3,6H2,(H,9,10,11);3*1-3H3;1-2H3,(H,5,6);1-2H3,(H,4,5);1-2H3;3H,1-2H3;2*1H3,(H,3,4);2H2,1H3;;1H4;;;1H. The Kier molecular flexibility index (Phi) is 110. The number of methoxy groups -OCH3 is 1. The molecular weight excluding hydrogens is 1630 g/mol. The molecule has 0 aliphatic carbocycles. The number of esters is 4. The van der Waals surface area contributed by atoms with Gasteiger partial charge in [0.05, 0.1) is 49.5 Å². The Balaban J connectivity index is -0.0000000564. The van der Waals surface area contributed by atoms with E-state index in [9.17, 15) is 69.3 Å². The molecule has 0 saturated heterocycles. The van der Waals surface area contributed by atoms with Crippen LogP contribution in [0.15, 0.2) is 49.1 Å². The zero-order valence-corrected chi connectivity index (χ0v) is 63.7. The number of ether oxygens (including phenoxy) is 4. The molecule has 0 aliphatic rings. The molecule has 2 rings (SSSR count). The molecule has 8 N–H and O–H groups in total. The van der Waals surface area contributed by atoms with Crippen LogP contribution in [0.4, 0.5) is 24.0 Å². The molecule has 6 amide bonds. The van der Waals surface area contributed by atoms with Crippen molar-refractivity contribution in [2.75, 3.05) is 117 Å². The van der Waals surface area contributed by atoms with Crippen LogP contribution in [-0.4, -0.2) is 275 Å². The van der Waals surface area contributed by atoms with E-state index in [0.29, 0.717) is 12.0 Å². The third-order valence-electron chi connectivity index (χ3n) is 6.35. The highest BCUT2D eigenvalue weighted by Crippen LogP contribution is 2.00. The molecule has 543 valence electrons. The van der Waals surface area contributed by atoms with Gasteiger partial charge in [-0.3, -0.25) is 43.1 Å². The van der Waals surface area contributed by atoms with Crippen molar-refractivity contribution >= 4 is 168 Å². The maximum absolute atomic E-state index is 11.5. The van der Waals surface area contributed by atoms with Crippen LogP contribution in [0.5, 0.6) is 0 Å². The van der Waals surface area contributed by atoms with E-state index < -0.39 is 80.2 Å². The number of halogens is 3. The number of pyridine rings is 2. The molecule has 0 atom stereocenters. The van der Waals surface area contributed by atoms with Crippen molar-refractivity contribution in [3.63, 3.8) is 0 Å². The average molecular weight is 1720 g/mol. The summed E-state index contributed by atoms with van der Waals surface area (Å²) in [7, 11) is 15.4. The molecule has 0 aromatic carbocycles. The Morgan fingerprint density at radius 2 is 0.806 bits per heavy atom. The van der Waals surface area contributed by atoms with Crippen LogP contribution >= 0.6 is 61.2 Å². The number of hydrogen-bond acceptors (Lipinski definition) is 26. The maximum Gasteiger partial charge on any atom is 0.497 e. The van der Waals surface area contributed by atoms with Crippen LogP contribution in [0, 0.1) is 0 Å². The zero-order chi connectivity index (χ0) is 74.7. The van der Waals surface area contributed by atoms with E-state index in [4.69, 9.17) is 39.1 Å². The molecule has 0 fully saturated rings. The number of carboxylic acids is 2. The third kappa shape index (κ3) is 148. The Morgan fingerprint density at radius 3 is 0.957 bits per heavy atom. The number of carbonyl (C=O) groups excluding carboxylic acids is 11. The van der Waals surface area contributed by atoms with E-state index >= 15 is 0 Å². The van der Waals surface area contributed by atoms with Crippen LogP contribution in [0.1, 0.15) is 67.0 Å². The highest BCUT2D eigenvalue weighted by molar-refractivity contribution is 15.0. The highest BCUT2D eigenvalue weighted by Gasteiger charge is 2.15. The van der Waals surface area contributed by atoms with Gasteiger partial charge in [0.15, 0.2) is 0 Å². The van der Waals surface area contributed by atoms with Crippen molar-refractivity contribution in [1.82, 2.24) is 40.1 Å². The summed E-state index contributed by atoms with van der Waals surface area (Å²) in [6.07, 6.45) is 4.15. The molecule has 0 spiro atoms. The molecular formula is C50H95BI3N10O27S2. The number of aliphatic carboxylic acids is 2. The highest BCUT2D eigenvalue weighted by atomic mass is 128. The Labute approximate surface area is 587 Å². The lowest BCUT2D eigenvalue weighted by molar-refractivity contribution is -0.577. The number of carboxylic acid groups (broad SMARTS) is 3. The van der Waals surface area contributed by atoms with E-state index in [1.54, 1.807) is 57.8 Å². The van der Waals surface area contributed by atoms with Gasteiger partial charge in [-0.1, -0.05) is 7.43 Å². The minimum atomic E-state index is -4.19. The molecule has 2 aromatic rings. The normalized spacial score (nSPS) is 8.12. The number of rotatable bonds is 6. The van der Waals surface area contributed by atoms with E-state index in [0.717, 1.165) is 24.3 Å². The number of nitrogens with two attached hydrogens (primary N) is 1. The van der Waals surface area contributed by atoms with E-state index in [1.165, 1.54) is 142 Å². The summed E-state index contributed by atoms with van der Waals surface area (Å²) in [5.74, 6) is -4.35. The fraction of sp³-hybridized carbons (Fsp3) is 0.540. The first-order valence-corrected chi connectivity index (χ1v) is 33.4. The topological polar surface area (TPSA) is 531 Å². The number of nitrogens with zero attached hydrogens (tertiary/aromatic N) is 7. The number of aromatic nitrogens is 2. The average Bonchev–Trinajstić information content (AvgIpc) is 3.41. The lowest BCUT2D eigenvalue weighted by Gasteiger charge is -2.07. The first-order chi connectivity index (χ1) is 41.0. The molecule has 0 aliphatic heterocycles. The quantitative estimate of drug-likeness (QED) is 0.0416. The van der Waals surface area contributed by atoms with Gasteiger partial charge < -0.3 is 74.8 Å². The van der Waals surface area contributed by atoms with Gasteiger partial charge in [-0.2, -0.15) is 27.4 Å². The lowest BCUT2D eigenvalue weighted by atomic mass is 10.2. The minimum absolute atomic E-state index is 0. The monoisotopic (exact) mass is 1720 g/mol. The summed E-state index contributed by atoms with van der Waals surface area (Å²) >= 11 is 4.24. The smallest absolute Gasteiger partial charge is 0.497 e. The molecule has 3 radical (unpaired) electrons. The van der Waals surface area contributed by atoms with Crippen LogP contribution in [0.25, 0.3) is 0 Å². The maximum atomic E-state index is 11.5. The fourth-order valence-corrected chi connectivity index (χ4v) is 3.64. The predicted octanol–water partition coefficient (Wildman–Crippen LogP) is 2.61. The van der Waals surface area contributed by atoms with Crippen molar-refractivity contribution < 1.29 is 132 Å². The summed E-state index contributed by atoms with van der Waals surface area (Å²) in [6, 6.07) is 6.46. The molecule has 2 aromatic heterocycles. The van der Waals surface area contributed by atoms with Crippen LogP contribution in [0.2, 0.25) is 0 Å². The van der Waals surface area contributed by atoms with Crippen LogP contribution < -0.4 is 20.9 Å². The first kappa shape index (κ1) is 123. The van der Waals surface area contributed by atoms with Gasteiger partial charge in [-0.25, -0.2) is 32.5 Å². The van der Waals surface area contributed by atoms with Crippen molar-refractivity contribution in [3.8, 4) is 0 Å². The summed E-state index contributed by atoms with van der Waals surface area (Å²) in [6.45, 7) is 8.55. The van der Waals surface area contributed by atoms with E-state index in [1.807, 2.05) is 14.1 Å². The van der Waals surface area contributed by atoms with Gasteiger partial charge in [-0.05, 0) is 69.4 Å². The van der Waals surface area contributed by atoms with Crippen molar-refractivity contribution in [3.05, 3.63) is 60.2 Å². The van der Waals surface area contributed by atoms with E-state index in [2.05, 4.69) is 77.5 Å². The van der Waals surface area contributed by atoms with Gasteiger partial charge in [0.25, 0.3) is 22.1 Å². The van der Waals surface area contributed by atoms with Crippen molar-refractivity contribution in [2.24, 2.45) is 5.73 Å². The number of carbonyl (C=O) groups is 12. The van der Waals surface area contributed by atoms with Crippen molar-refractivity contribution in [1.29, 1.82) is 0 Å². The number of hydrogen-bond donors (Lipinski definition) is 7. The summed E-state index contributed by atoms with van der Waals surface area (Å²) < 4.78 is 78.4. The third-order valence-corrected chi connectivity index (χ3v) is 7.78. The molecule has 0 unspecified atom stereocenters. The van der Waals surface area contributed by atoms with Crippen LogP contribution in [0.3, 0.4) is 0 Å². The molecule has 2 heterocycles. The first-order valence-electron chi connectivity index (χ1n) is 24.0. The fourth-order valence-electron chi connectivity index (χ4n) is 2.66. The second-order valence-electron chi connectivity index (χ2n) is 15.8. The Morgan fingerprint density at radius 1 is 0.581 bits per heavy atom. The molecule has 0 saturated carbocycles. The molecule has 0 bridgehead atoms. The van der Waals surface area contributed by atoms with E-state index in [-0.39, 0.29) is 76.0 Å². The lowest BCUT2D eigenvalue weighted by Crippen LogP contribution is -2.49. The summed E-state index contributed by atoms with van der Waals surface area (Å²) in [5.41, 5.74) is 6.05. The largest absolute Gasteiger partial charge is 0.748 e. The Hall–Kier alpha value is -6.89. The Bertz CT molecular complexity index is 2450. The predicted molar refractivity (Wildman–Crippen MR) is 368 cm³/mol. The van der Waals surface area contributed by atoms with Gasteiger partial charge in [0.2, 0.25) is 5.91 Å². The summed E-state index contributed by atoms with van der Waals surface area (Å²) in [5, 5.41) is 27.9. The number of nitrogens with one attached hydrogen (secondary N) is 2. The van der Waals surface area contributed by atoms with Gasteiger partial charge >= 0.3 is 60.4 Å². The summed E-state index contributed by atoms with van der Waals surface area (Å²) in [4.78, 5) is 146. The second-order valence-corrected chi connectivity index (χ2v) is 18.9. The zero-order valence-electron chi connectivity index (χ0n) is 55.4. The van der Waals surface area contributed by atoms with Gasteiger partial charge in [-0.15, -0.1) is 24.0 Å². The SMILES string of the molecule is C.CC(=O)O.CC(=O)O.CC(=O)OC(=O)N(C)C.CC(=O)OC(=O)N(C)C.CC(=O)OC(=O)N(C)C.CN.CN(C)C(=O)O.CN(C)C(=O)[n+]1ccc(CCS(=O)(=O)[O-])cc1.CNC.CNC(C)=O.COC(C)=O.I.II.O=C=O.O=S(=O)(O)CCc1ccncc1.[B]. The molecule has 37 nitrogen and oxygen atoms in total.